The Morgan fingerprint density at radius 2 is 2.43 bits per heavy atom. The summed E-state index contributed by atoms with van der Waals surface area (Å²) in [6.07, 6.45) is 0. The lowest BCUT2D eigenvalue weighted by atomic mass is 10.1. The second kappa shape index (κ2) is 2.28. The van der Waals surface area contributed by atoms with Crippen molar-refractivity contribution in [2.24, 2.45) is 5.73 Å². The van der Waals surface area contributed by atoms with E-state index in [1.165, 1.54) is 0 Å². The Morgan fingerprint density at radius 3 is 2.57 bits per heavy atom. The molecule has 0 amide bonds. The summed E-state index contributed by atoms with van der Waals surface area (Å²) in [7, 11) is -2.32. The van der Waals surface area contributed by atoms with Crippen LogP contribution >= 0.6 is 0 Å². The van der Waals surface area contributed by atoms with Gasteiger partial charge in [-0.2, -0.15) is 0 Å². The molecule has 0 unspecified atom stereocenters. The molecule has 0 rings (SSSR count). The molecule has 0 aliphatic heterocycles. The summed E-state index contributed by atoms with van der Waals surface area (Å²) in [5.41, 5.74) is 4.89. The van der Waals surface area contributed by atoms with E-state index >= 15 is 0 Å². The first-order valence-corrected chi connectivity index (χ1v) is 2.14. The van der Waals surface area contributed by atoms with Gasteiger partial charge >= 0.3 is 0 Å². The summed E-state index contributed by atoms with van der Waals surface area (Å²) < 4.78 is 24.5. The standard InChI is InChI=1S/C5H13NO/c1-5(2,6)4-7-3/h4,6H2,1-3H3/i3D3. The van der Waals surface area contributed by atoms with Crippen molar-refractivity contribution in [1.29, 1.82) is 0 Å². The van der Waals surface area contributed by atoms with Gasteiger partial charge in [-0.25, -0.2) is 0 Å². The first-order valence-electron chi connectivity index (χ1n) is 3.64. The van der Waals surface area contributed by atoms with Gasteiger partial charge in [0.1, 0.15) is 0 Å². The first kappa shape index (κ1) is 3.05. The molecule has 0 radical (unpaired) electrons. The Labute approximate surface area is 48.9 Å². The average Bonchev–Trinajstić information content (AvgIpc) is 1.57. The van der Waals surface area contributed by atoms with Gasteiger partial charge in [0.05, 0.1) is 10.7 Å². The first-order chi connectivity index (χ1) is 4.21. The molecular weight excluding hydrogens is 90.1 g/mol. The maximum absolute atomic E-state index is 6.67. The zero-order chi connectivity index (χ0) is 8.41. The molecule has 0 atom stereocenters. The number of nitrogens with two attached hydrogens (primary N) is 1. The number of hydrogen-bond donors (Lipinski definition) is 1. The van der Waals surface area contributed by atoms with Crippen molar-refractivity contribution in [3.63, 3.8) is 0 Å². The summed E-state index contributed by atoms with van der Waals surface area (Å²) in [4.78, 5) is 0. The molecular formula is C5H13NO. The Balaban J connectivity index is 3.56. The molecule has 0 aromatic rings. The van der Waals surface area contributed by atoms with Gasteiger partial charge in [-0.05, 0) is 13.8 Å². The van der Waals surface area contributed by atoms with E-state index < -0.39 is 12.6 Å². The van der Waals surface area contributed by atoms with Crippen LogP contribution in [0.3, 0.4) is 0 Å². The fourth-order valence-corrected chi connectivity index (χ4v) is 0.186. The lowest BCUT2D eigenvalue weighted by molar-refractivity contribution is 0.149. The molecule has 0 aromatic carbocycles. The van der Waals surface area contributed by atoms with Gasteiger partial charge < -0.3 is 10.5 Å². The predicted octanol–water partition coefficient (Wildman–Crippen LogP) is 0.370. The van der Waals surface area contributed by atoms with E-state index in [1.54, 1.807) is 13.8 Å². The maximum Gasteiger partial charge on any atom is 0.0636 e. The van der Waals surface area contributed by atoms with Crippen LogP contribution in [0.25, 0.3) is 0 Å². The third-order valence-corrected chi connectivity index (χ3v) is 0.444. The third kappa shape index (κ3) is 5.92. The zero-order valence-corrected chi connectivity index (χ0v) is 4.69. The maximum atomic E-state index is 6.67. The highest BCUT2D eigenvalue weighted by molar-refractivity contribution is 4.69. The van der Waals surface area contributed by atoms with Crippen molar-refractivity contribution in [2.75, 3.05) is 13.6 Å². The molecule has 2 nitrogen and oxygen atoms in total. The van der Waals surface area contributed by atoms with Crippen LogP contribution in [0, 0.1) is 0 Å². The van der Waals surface area contributed by atoms with Gasteiger partial charge in [0.2, 0.25) is 0 Å². The van der Waals surface area contributed by atoms with Crippen LogP contribution in [-0.4, -0.2) is 19.2 Å². The molecule has 44 valence electrons. The van der Waals surface area contributed by atoms with E-state index in [9.17, 15) is 0 Å². The second-order valence-corrected chi connectivity index (χ2v) is 2.28. The molecule has 0 fully saturated rings. The van der Waals surface area contributed by atoms with Crippen molar-refractivity contribution in [1.82, 2.24) is 0 Å². The highest BCUT2D eigenvalue weighted by Gasteiger charge is 2.07. The minimum Gasteiger partial charge on any atom is -0.383 e. The van der Waals surface area contributed by atoms with Crippen molar-refractivity contribution in [3.05, 3.63) is 0 Å². The molecule has 2 heteroatoms. The van der Waals surface area contributed by atoms with E-state index in [-0.39, 0.29) is 6.61 Å². The lowest BCUT2D eigenvalue weighted by Crippen LogP contribution is -2.36. The van der Waals surface area contributed by atoms with Gasteiger partial charge in [-0.3, -0.25) is 0 Å². The summed E-state index contributed by atoms with van der Waals surface area (Å²) in [6.45, 7) is 3.46. The highest BCUT2D eigenvalue weighted by Crippen LogP contribution is 1.93. The quantitative estimate of drug-likeness (QED) is 0.552. The van der Waals surface area contributed by atoms with E-state index in [4.69, 9.17) is 9.85 Å². The van der Waals surface area contributed by atoms with E-state index in [1.807, 2.05) is 0 Å². The fourth-order valence-electron chi connectivity index (χ4n) is 0.186. The van der Waals surface area contributed by atoms with Gasteiger partial charge in [0, 0.05) is 12.6 Å². The molecule has 0 bridgehead atoms. The largest absolute Gasteiger partial charge is 0.383 e. The summed E-state index contributed by atoms with van der Waals surface area (Å²) in [5, 5.41) is 0. The molecule has 0 aliphatic carbocycles. The SMILES string of the molecule is [2H]C([2H])([2H])OCC(C)(C)N. The van der Waals surface area contributed by atoms with Gasteiger partial charge in [-0.15, -0.1) is 0 Å². The second-order valence-electron chi connectivity index (χ2n) is 2.28. The van der Waals surface area contributed by atoms with Crippen molar-refractivity contribution in [2.45, 2.75) is 19.4 Å². The Morgan fingerprint density at radius 1 is 1.86 bits per heavy atom. The van der Waals surface area contributed by atoms with Crippen LogP contribution in [-0.2, 0) is 4.74 Å². The summed E-state index contributed by atoms with van der Waals surface area (Å²) in [5.74, 6) is 0. The van der Waals surface area contributed by atoms with Crippen molar-refractivity contribution < 1.29 is 8.85 Å². The Kier molecular flexibility index (Phi) is 0.995. The van der Waals surface area contributed by atoms with E-state index in [0.29, 0.717) is 0 Å². The van der Waals surface area contributed by atoms with Crippen LogP contribution in [0.2, 0.25) is 0 Å². The van der Waals surface area contributed by atoms with Gasteiger partial charge in [0.15, 0.2) is 0 Å². The predicted molar refractivity (Wildman–Crippen MR) is 30.1 cm³/mol. The minimum absolute atomic E-state index is 0.0451. The summed E-state index contributed by atoms with van der Waals surface area (Å²) >= 11 is 0. The molecule has 0 aromatic heterocycles. The smallest absolute Gasteiger partial charge is 0.0636 e. The van der Waals surface area contributed by atoms with Gasteiger partial charge in [-0.1, -0.05) is 0 Å². The van der Waals surface area contributed by atoms with Gasteiger partial charge in [0.25, 0.3) is 0 Å². The number of ether oxygens (including phenoxy) is 1. The van der Waals surface area contributed by atoms with Crippen molar-refractivity contribution >= 4 is 0 Å². The van der Waals surface area contributed by atoms with E-state index in [2.05, 4.69) is 4.74 Å². The molecule has 0 saturated carbocycles. The molecule has 0 saturated heterocycles. The normalized spacial score (nSPS) is 20.1. The fraction of sp³-hybridized carbons (Fsp3) is 1.00. The number of rotatable bonds is 2. The van der Waals surface area contributed by atoms with Crippen LogP contribution in [0.15, 0.2) is 0 Å². The Bertz CT molecular complexity index is 90.4. The molecule has 7 heavy (non-hydrogen) atoms. The lowest BCUT2D eigenvalue weighted by Gasteiger charge is -2.15. The number of hydrogen-bond acceptors (Lipinski definition) is 2. The molecule has 0 heterocycles. The monoisotopic (exact) mass is 106 g/mol. The molecule has 0 aliphatic rings. The van der Waals surface area contributed by atoms with Crippen LogP contribution < -0.4 is 5.73 Å². The average molecular weight is 106 g/mol. The van der Waals surface area contributed by atoms with Crippen LogP contribution in [0.5, 0.6) is 0 Å². The molecule has 0 spiro atoms. The Hall–Kier alpha value is -0.0800. The van der Waals surface area contributed by atoms with Crippen LogP contribution in [0.1, 0.15) is 18.0 Å². The topological polar surface area (TPSA) is 35.2 Å². The van der Waals surface area contributed by atoms with Crippen LogP contribution in [0.4, 0.5) is 0 Å². The molecule has 2 N–H and O–H groups in total. The van der Waals surface area contributed by atoms with E-state index in [0.717, 1.165) is 0 Å². The third-order valence-electron chi connectivity index (χ3n) is 0.444. The van der Waals surface area contributed by atoms with Crippen molar-refractivity contribution in [3.8, 4) is 0 Å². The summed E-state index contributed by atoms with van der Waals surface area (Å²) in [6, 6.07) is 0. The zero-order valence-electron chi connectivity index (χ0n) is 7.69. The highest BCUT2D eigenvalue weighted by atomic mass is 16.5. The number of methoxy groups -OCH3 is 1. The minimum atomic E-state index is -2.32.